The van der Waals surface area contributed by atoms with Gasteiger partial charge >= 0.3 is 0 Å². The number of aliphatic hydroxyl groups is 2. The van der Waals surface area contributed by atoms with Crippen molar-refractivity contribution in [2.24, 2.45) is 17.6 Å². The van der Waals surface area contributed by atoms with Crippen LogP contribution in [0.5, 0.6) is 0 Å². The number of benzene rings is 7. The van der Waals surface area contributed by atoms with Gasteiger partial charge in [0.1, 0.15) is 6.04 Å². The molecule has 6 fully saturated rings. The molecule has 1 unspecified atom stereocenters. The highest BCUT2D eigenvalue weighted by Crippen LogP contribution is 2.33. The van der Waals surface area contributed by atoms with Gasteiger partial charge < -0.3 is 25.6 Å². The number of primary amides is 1. The number of β-amino-alcohol motifs (C(OH)–C–C–N with tert-alkyl or cyclic N) is 1. The zero-order valence-electron chi connectivity index (χ0n) is 73.4. The van der Waals surface area contributed by atoms with Crippen molar-refractivity contribution in [3.05, 3.63) is 209 Å². The zero-order valence-corrected chi connectivity index (χ0v) is 79.1. The molecule has 7 aromatic rings. The Bertz CT molecular complexity index is 5250. The Morgan fingerprint density at radius 3 is 1.11 bits per heavy atom. The van der Waals surface area contributed by atoms with Gasteiger partial charge in [-0.05, 0) is 230 Å². The summed E-state index contributed by atoms with van der Waals surface area (Å²) in [7, 11) is -23.7. The third-order valence-electron chi connectivity index (χ3n) is 21.5. The number of nitrogens with one attached hydrogen (secondary N) is 3. The van der Waals surface area contributed by atoms with Crippen LogP contribution >= 0.6 is 0 Å². The lowest BCUT2D eigenvalue weighted by Crippen LogP contribution is -2.49. The lowest BCUT2D eigenvalue weighted by molar-refractivity contribution is -0.121. The molecule has 6 aliphatic rings. The predicted molar refractivity (Wildman–Crippen MR) is 486 cm³/mol. The van der Waals surface area contributed by atoms with Crippen LogP contribution < -0.4 is 19.9 Å². The number of hydrogen-bond acceptors (Lipinski definition) is 21. The first-order valence-electron chi connectivity index (χ1n) is 42.4. The average molecular weight is 1860 g/mol. The lowest BCUT2D eigenvalue weighted by atomic mass is 10.00. The van der Waals surface area contributed by atoms with E-state index < -0.39 is 82.1 Å². The van der Waals surface area contributed by atoms with E-state index >= 15 is 0 Å². The summed E-state index contributed by atoms with van der Waals surface area (Å²) in [5, 5.41) is 17.9. The maximum absolute atomic E-state index is 12.5. The Hall–Kier alpha value is -6.86. The largest absolute Gasteiger partial charge is 0.396 e. The predicted octanol–water partition coefficient (Wildman–Crippen LogP) is 8.78. The van der Waals surface area contributed by atoms with E-state index in [0.717, 1.165) is 104 Å². The molecule has 1 atom stereocenters. The van der Waals surface area contributed by atoms with Crippen LogP contribution in [0.15, 0.2) is 204 Å². The van der Waals surface area contributed by atoms with Gasteiger partial charge in [0.15, 0.2) is 0 Å². The summed E-state index contributed by atoms with van der Waals surface area (Å²) in [5.74, 6) is 0.245. The Labute approximate surface area is 739 Å². The second kappa shape index (κ2) is 49.6. The van der Waals surface area contributed by atoms with Gasteiger partial charge in [-0.2, -0.15) is 17.2 Å². The van der Waals surface area contributed by atoms with Crippen LogP contribution in [0, 0.1) is 60.3 Å². The Morgan fingerprint density at radius 1 is 0.411 bits per heavy atom. The number of aryl methyl sites for hydroxylation is 7. The van der Waals surface area contributed by atoms with Crippen molar-refractivity contribution in [3.8, 4) is 0 Å². The summed E-state index contributed by atoms with van der Waals surface area (Å²) >= 11 is 0. The molecular weight excluding hydrogens is 1720 g/mol. The second-order valence-corrected chi connectivity index (χ2v) is 45.2. The third-order valence-corrected chi connectivity index (χ3v) is 33.7. The third kappa shape index (κ3) is 33.3. The fourth-order valence-electron chi connectivity index (χ4n) is 13.8. The Kier molecular flexibility index (Phi) is 41.7. The zero-order chi connectivity index (χ0) is 91.1. The number of carbonyl (C=O) groups is 1. The van der Waals surface area contributed by atoms with Gasteiger partial charge in [-0.1, -0.05) is 131 Å². The molecule has 5 heterocycles. The van der Waals surface area contributed by atoms with E-state index in [1.165, 1.54) is 38.6 Å². The Morgan fingerprint density at radius 2 is 0.758 bits per heavy atom. The minimum Gasteiger partial charge on any atom is -0.396 e. The molecule has 13 rings (SSSR count). The molecule has 36 heteroatoms. The van der Waals surface area contributed by atoms with Crippen LogP contribution in [0.3, 0.4) is 0 Å². The van der Waals surface area contributed by atoms with Crippen LogP contribution in [0.2, 0.25) is 0 Å². The number of carbonyl (C=O) groups excluding carboxylic acids is 1. The van der Waals surface area contributed by atoms with Gasteiger partial charge in [-0.15, -0.1) is 0 Å². The molecule has 0 radical (unpaired) electrons. The van der Waals surface area contributed by atoms with E-state index in [-0.39, 0.29) is 30.1 Å². The normalized spacial score (nSPS) is 17.5. The van der Waals surface area contributed by atoms with E-state index in [1.807, 2.05) is 104 Å². The minimum absolute atomic E-state index is 0.0821. The van der Waals surface area contributed by atoms with Gasteiger partial charge in [0.2, 0.25) is 76.1 Å². The second-order valence-electron chi connectivity index (χ2n) is 32.2. The highest BCUT2D eigenvalue weighted by atomic mass is 32.2. The first-order chi connectivity index (χ1) is 58.6. The number of rotatable bonds is 29. The van der Waals surface area contributed by atoms with Gasteiger partial charge in [-0.3, -0.25) is 14.6 Å². The van der Waals surface area contributed by atoms with Gasteiger partial charge in [0.25, 0.3) is 0 Å². The molecule has 124 heavy (non-hydrogen) atoms. The number of amides is 1. The maximum Gasteiger partial charge on any atom is 0.243 e. The number of sulfonamides is 7. The Balaban J connectivity index is 0.000000199. The van der Waals surface area contributed by atoms with Crippen molar-refractivity contribution in [1.82, 2.24) is 46.1 Å². The van der Waals surface area contributed by atoms with Gasteiger partial charge in [0, 0.05) is 117 Å². The molecule has 0 spiro atoms. The molecule has 1 amide bonds. The molecule has 688 valence electrons. The van der Waals surface area contributed by atoms with Crippen molar-refractivity contribution in [3.63, 3.8) is 0 Å². The monoisotopic (exact) mass is 1850 g/mol. The van der Waals surface area contributed by atoms with Crippen LogP contribution in [-0.4, -0.2) is 263 Å². The number of likely N-dealkylation sites (tertiary alicyclic amines) is 1. The summed E-state index contributed by atoms with van der Waals surface area (Å²) < 4.78 is 190. The quantitative estimate of drug-likeness (QED) is 0.0255. The summed E-state index contributed by atoms with van der Waals surface area (Å²) in [5.41, 5.74) is 12.6. The minimum atomic E-state index is -3.62. The van der Waals surface area contributed by atoms with E-state index in [9.17, 15) is 63.7 Å². The van der Waals surface area contributed by atoms with E-state index in [4.69, 9.17) is 20.7 Å². The van der Waals surface area contributed by atoms with E-state index in [0.29, 0.717) is 133 Å². The molecule has 5 saturated heterocycles. The fourth-order valence-corrected chi connectivity index (χ4v) is 23.2. The number of aliphatic hydroxyl groups excluding tert-OH is 2. The number of hydrogen-bond donors (Lipinski definition) is 6. The van der Waals surface area contributed by atoms with Crippen molar-refractivity contribution >= 4 is 76.1 Å². The highest BCUT2D eigenvalue weighted by molar-refractivity contribution is 7.91. The van der Waals surface area contributed by atoms with Crippen molar-refractivity contribution in [2.45, 2.75) is 173 Å². The molecule has 7 N–H and O–H groups in total. The first-order valence-corrected chi connectivity index (χ1v) is 52.6. The van der Waals surface area contributed by atoms with Crippen LogP contribution in [0.4, 0.5) is 0 Å². The molecule has 5 aliphatic heterocycles. The maximum atomic E-state index is 12.5. The number of nitrogens with zero attached hydrogens (tertiary/aromatic N) is 7. The van der Waals surface area contributed by atoms with Crippen LogP contribution in [-0.2, 0) is 79.7 Å². The number of morpholine rings is 1. The SMILES string of the molecule is CCCN(CC1CC1)S(=O)(=O)c1ccc(C)cc1.Cc1ccc(S(=O)(=O)N2CCC(CO)CC2)cc1.Cc1ccc(S(=O)(=O)N2CCCC2C(N)=O)cc1.Cc1ccc(S(=O)(=O)N2CCN(CCO)CC2)cc1.Cc1ccc(S(=O)(=O)NC(C)C)cc1.Cc1ccc(S(=O)(=O)NCCN2CCCC2)cc1.Cc1ccc(S(=O)(=O)NCCN2CCOCC2)cc1. The topological polar surface area (TPSA) is 391 Å². The average Bonchev–Trinajstić information content (AvgIpc) is 1.67. The lowest BCUT2D eigenvalue weighted by Gasteiger charge is -2.33. The summed E-state index contributed by atoms with van der Waals surface area (Å²) in [6, 6.07) is 47.4. The van der Waals surface area contributed by atoms with E-state index in [1.54, 1.807) is 139 Å². The smallest absolute Gasteiger partial charge is 0.243 e. The van der Waals surface area contributed by atoms with Crippen LogP contribution in [0.1, 0.15) is 118 Å². The standard InChI is InChI=1S/C14H21NO2S.2C13H20N2O3S.C13H20N2O2S.C13H19NO3S.C12H16N2O3S.C10H15NO2S/c1-3-10-15(11-13-6-7-13)18(16,17)14-8-4-12(2)5-9-14;1-12-2-4-13(5-3-12)19(17,18)15-8-6-14(7-9-15)10-11-16;1-12-2-4-13(5-3-12)19(16,17)14-6-7-15-8-10-18-11-9-15;1-12-4-6-13(7-5-12)18(16,17)14-8-11-15-9-2-3-10-15;1-11-2-4-13(5-3-11)18(16,17)14-8-6-12(10-15)7-9-14;1-9-4-6-10(7-5-9)18(16,17)14-8-2-3-11(14)12(13)15;1-8(2)11-14(12,13)10-6-4-9(3)5-7-10/h4-5,8-9,13H,3,6-7,10-11H2,1-2H3;2-5,16H,6-11H2,1H3;2-5,14H,6-11H2,1H3;4-7,14H,2-3,8-11H2,1H3;2-5,12,15H,6-10H2,1H3;4-7,11H,2-3,8H2,1H3,(H2,13,15);4-8,11H,1-3H3. The summed E-state index contributed by atoms with van der Waals surface area (Å²) in [6.45, 7) is 32.8. The molecule has 7 aromatic carbocycles. The van der Waals surface area contributed by atoms with Crippen molar-refractivity contribution < 1.29 is 78.7 Å². The molecule has 0 aromatic heterocycles. The number of ether oxygens (including phenoxy) is 1. The van der Waals surface area contributed by atoms with Crippen molar-refractivity contribution in [2.75, 3.05) is 144 Å². The fraction of sp³-hybridized carbons (Fsp3) is 0.511. The molecule has 0 bridgehead atoms. The summed E-state index contributed by atoms with van der Waals surface area (Å²) in [4.78, 5) is 20.1. The first kappa shape index (κ1) is 104. The van der Waals surface area contributed by atoms with Gasteiger partial charge in [0.05, 0.1) is 54.1 Å². The number of piperidine rings is 1. The molecule has 1 aliphatic carbocycles. The van der Waals surface area contributed by atoms with Crippen molar-refractivity contribution in [1.29, 1.82) is 0 Å². The number of nitrogens with two attached hydrogens (primary N) is 1. The van der Waals surface area contributed by atoms with E-state index in [2.05, 4.69) is 28.9 Å². The highest BCUT2D eigenvalue weighted by Gasteiger charge is 2.39. The molecule has 29 nitrogen and oxygen atoms in total. The molecule has 1 saturated carbocycles. The number of piperazine rings is 1. The van der Waals surface area contributed by atoms with Gasteiger partial charge in [-0.25, -0.2) is 73.1 Å². The van der Waals surface area contributed by atoms with Crippen LogP contribution in [0.25, 0.3) is 0 Å². The summed E-state index contributed by atoms with van der Waals surface area (Å²) in [6.07, 6.45) is 8.29. The molecular formula is C88H131N11O18S7.